The molecule has 1 N–H and O–H groups in total. The SMILES string of the molecule is CC(C)c1ccc(NC(=O)c2ccc(SCc3cccnc3)cc2)cc1. The standard InChI is InChI=1S/C22H22N2OS/c1-16(2)18-5-9-20(10-6-18)24-22(25)19-7-11-21(12-8-19)26-15-17-4-3-13-23-14-17/h3-14,16H,15H2,1-2H3,(H,24,25). The van der Waals surface area contributed by atoms with E-state index in [0.717, 1.165) is 16.3 Å². The van der Waals surface area contributed by atoms with Crippen molar-refractivity contribution in [1.29, 1.82) is 0 Å². The molecule has 0 aliphatic carbocycles. The number of pyridine rings is 1. The van der Waals surface area contributed by atoms with Crippen LogP contribution in [0.4, 0.5) is 5.69 Å². The first-order chi connectivity index (χ1) is 12.6. The number of carbonyl (C=O) groups is 1. The van der Waals surface area contributed by atoms with Crippen LogP contribution >= 0.6 is 11.8 Å². The van der Waals surface area contributed by atoms with Crippen LogP contribution < -0.4 is 5.32 Å². The summed E-state index contributed by atoms with van der Waals surface area (Å²) in [6, 6.07) is 19.7. The molecule has 4 heteroatoms. The molecule has 0 saturated heterocycles. The third-order valence-corrected chi connectivity index (χ3v) is 5.16. The van der Waals surface area contributed by atoms with Gasteiger partial charge in [-0.15, -0.1) is 11.8 Å². The smallest absolute Gasteiger partial charge is 0.255 e. The second-order valence-electron chi connectivity index (χ2n) is 6.41. The number of nitrogens with zero attached hydrogens (tertiary/aromatic N) is 1. The van der Waals surface area contributed by atoms with Crippen LogP contribution in [0.5, 0.6) is 0 Å². The number of aromatic nitrogens is 1. The number of carbonyl (C=O) groups excluding carboxylic acids is 1. The molecule has 1 heterocycles. The summed E-state index contributed by atoms with van der Waals surface area (Å²) in [7, 11) is 0. The maximum absolute atomic E-state index is 12.4. The van der Waals surface area contributed by atoms with Gasteiger partial charge in [-0.25, -0.2) is 0 Å². The van der Waals surface area contributed by atoms with Crippen LogP contribution in [0.1, 0.15) is 41.3 Å². The first kappa shape index (κ1) is 18.2. The fourth-order valence-corrected chi connectivity index (χ4v) is 3.34. The Morgan fingerprint density at radius 2 is 1.77 bits per heavy atom. The Kier molecular flexibility index (Phi) is 6.08. The summed E-state index contributed by atoms with van der Waals surface area (Å²) in [5.74, 6) is 1.25. The van der Waals surface area contributed by atoms with Crippen LogP contribution in [-0.2, 0) is 5.75 Å². The minimum Gasteiger partial charge on any atom is -0.322 e. The molecule has 3 nitrogen and oxygen atoms in total. The average Bonchev–Trinajstić information content (AvgIpc) is 2.68. The highest BCUT2D eigenvalue weighted by atomic mass is 32.2. The quantitative estimate of drug-likeness (QED) is 0.568. The normalized spacial score (nSPS) is 10.7. The highest BCUT2D eigenvalue weighted by molar-refractivity contribution is 7.98. The van der Waals surface area contributed by atoms with Crippen LogP contribution in [0.25, 0.3) is 0 Å². The van der Waals surface area contributed by atoms with Gasteiger partial charge in [0.2, 0.25) is 0 Å². The van der Waals surface area contributed by atoms with E-state index < -0.39 is 0 Å². The minimum absolute atomic E-state index is 0.0916. The number of rotatable bonds is 6. The Balaban J connectivity index is 1.58. The summed E-state index contributed by atoms with van der Waals surface area (Å²) in [6.45, 7) is 4.31. The van der Waals surface area contributed by atoms with Crippen LogP contribution in [0.15, 0.2) is 78.0 Å². The molecule has 1 aromatic heterocycles. The topological polar surface area (TPSA) is 42.0 Å². The monoisotopic (exact) mass is 362 g/mol. The van der Waals surface area contributed by atoms with E-state index in [1.165, 1.54) is 11.1 Å². The summed E-state index contributed by atoms with van der Waals surface area (Å²) in [5.41, 5.74) is 3.92. The van der Waals surface area contributed by atoms with Crippen molar-refractivity contribution < 1.29 is 4.79 Å². The summed E-state index contributed by atoms with van der Waals surface area (Å²) in [5, 5.41) is 2.95. The second kappa shape index (κ2) is 8.68. The number of hydrogen-bond acceptors (Lipinski definition) is 3. The van der Waals surface area contributed by atoms with Crippen molar-refractivity contribution in [3.8, 4) is 0 Å². The summed E-state index contributed by atoms with van der Waals surface area (Å²) in [4.78, 5) is 17.7. The van der Waals surface area contributed by atoms with Gasteiger partial charge in [0, 0.05) is 34.3 Å². The van der Waals surface area contributed by atoms with Crippen molar-refractivity contribution in [2.45, 2.75) is 30.4 Å². The minimum atomic E-state index is -0.0916. The van der Waals surface area contributed by atoms with E-state index in [9.17, 15) is 4.79 Å². The van der Waals surface area contributed by atoms with Crippen molar-refractivity contribution in [3.63, 3.8) is 0 Å². The molecule has 26 heavy (non-hydrogen) atoms. The summed E-state index contributed by atoms with van der Waals surface area (Å²) >= 11 is 1.73. The molecule has 1 amide bonds. The van der Waals surface area contributed by atoms with E-state index in [0.29, 0.717) is 11.5 Å². The Morgan fingerprint density at radius 3 is 2.38 bits per heavy atom. The molecule has 0 bridgehead atoms. The van der Waals surface area contributed by atoms with E-state index in [1.807, 2.05) is 48.7 Å². The summed E-state index contributed by atoms with van der Waals surface area (Å²) in [6.07, 6.45) is 3.65. The van der Waals surface area contributed by atoms with E-state index in [4.69, 9.17) is 0 Å². The first-order valence-corrected chi connectivity index (χ1v) is 9.63. The molecule has 0 radical (unpaired) electrons. The Labute approximate surface area is 158 Å². The zero-order chi connectivity index (χ0) is 18.4. The fraction of sp³-hybridized carbons (Fsp3) is 0.182. The van der Waals surface area contributed by atoms with Gasteiger partial charge in [-0.3, -0.25) is 9.78 Å². The van der Waals surface area contributed by atoms with Crippen LogP contribution in [0.2, 0.25) is 0 Å². The van der Waals surface area contributed by atoms with E-state index in [-0.39, 0.29) is 5.91 Å². The van der Waals surface area contributed by atoms with Gasteiger partial charge in [-0.05, 0) is 59.5 Å². The average molecular weight is 362 g/mol. The Bertz CT molecular complexity index is 844. The molecule has 3 aromatic rings. The van der Waals surface area contributed by atoms with Gasteiger partial charge in [0.1, 0.15) is 0 Å². The Morgan fingerprint density at radius 1 is 1.04 bits per heavy atom. The van der Waals surface area contributed by atoms with Crippen LogP contribution in [0.3, 0.4) is 0 Å². The maximum Gasteiger partial charge on any atom is 0.255 e. The number of amides is 1. The van der Waals surface area contributed by atoms with Gasteiger partial charge >= 0.3 is 0 Å². The van der Waals surface area contributed by atoms with Crippen molar-refractivity contribution in [2.75, 3.05) is 5.32 Å². The number of hydrogen-bond donors (Lipinski definition) is 1. The maximum atomic E-state index is 12.4. The molecule has 0 aliphatic heterocycles. The highest BCUT2D eigenvalue weighted by Crippen LogP contribution is 2.23. The van der Waals surface area contributed by atoms with Crippen molar-refractivity contribution in [2.24, 2.45) is 0 Å². The Hall–Kier alpha value is -2.59. The van der Waals surface area contributed by atoms with E-state index >= 15 is 0 Å². The molecule has 0 saturated carbocycles. The highest BCUT2D eigenvalue weighted by Gasteiger charge is 2.07. The van der Waals surface area contributed by atoms with Gasteiger partial charge in [0.15, 0.2) is 0 Å². The molecule has 132 valence electrons. The second-order valence-corrected chi connectivity index (χ2v) is 7.45. The molecule has 0 aliphatic rings. The zero-order valence-corrected chi connectivity index (χ0v) is 15.8. The number of benzene rings is 2. The predicted octanol–water partition coefficient (Wildman–Crippen LogP) is 5.75. The van der Waals surface area contributed by atoms with Crippen molar-refractivity contribution >= 4 is 23.4 Å². The van der Waals surface area contributed by atoms with E-state index in [1.54, 1.807) is 18.0 Å². The van der Waals surface area contributed by atoms with Crippen molar-refractivity contribution in [1.82, 2.24) is 4.98 Å². The van der Waals surface area contributed by atoms with Gasteiger partial charge in [-0.2, -0.15) is 0 Å². The first-order valence-electron chi connectivity index (χ1n) is 8.65. The molecular formula is C22H22N2OS. The number of nitrogens with one attached hydrogen (secondary N) is 1. The molecular weight excluding hydrogens is 340 g/mol. The number of thioether (sulfide) groups is 1. The van der Waals surface area contributed by atoms with Gasteiger partial charge < -0.3 is 5.32 Å². The lowest BCUT2D eigenvalue weighted by Crippen LogP contribution is -2.11. The van der Waals surface area contributed by atoms with Gasteiger partial charge in [-0.1, -0.05) is 32.0 Å². The molecule has 2 aromatic carbocycles. The molecule has 0 atom stereocenters. The third kappa shape index (κ3) is 4.96. The predicted molar refractivity (Wildman–Crippen MR) is 109 cm³/mol. The van der Waals surface area contributed by atoms with Gasteiger partial charge in [0.25, 0.3) is 5.91 Å². The molecule has 0 spiro atoms. The lowest BCUT2D eigenvalue weighted by Gasteiger charge is -2.09. The van der Waals surface area contributed by atoms with Gasteiger partial charge in [0.05, 0.1) is 0 Å². The lowest BCUT2D eigenvalue weighted by molar-refractivity contribution is 0.102. The zero-order valence-electron chi connectivity index (χ0n) is 15.0. The van der Waals surface area contributed by atoms with Crippen molar-refractivity contribution in [3.05, 3.63) is 89.7 Å². The largest absolute Gasteiger partial charge is 0.322 e. The van der Waals surface area contributed by atoms with E-state index in [2.05, 4.69) is 42.3 Å². The third-order valence-electron chi connectivity index (χ3n) is 4.08. The molecule has 0 fully saturated rings. The summed E-state index contributed by atoms with van der Waals surface area (Å²) < 4.78 is 0. The van der Waals surface area contributed by atoms with Crippen LogP contribution in [0, 0.1) is 0 Å². The number of anilines is 1. The molecule has 3 rings (SSSR count). The van der Waals surface area contributed by atoms with Crippen LogP contribution in [-0.4, -0.2) is 10.9 Å². The fourth-order valence-electron chi connectivity index (χ4n) is 2.51. The molecule has 0 unspecified atom stereocenters. The lowest BCUT2D eigenvalue weighted by atomic mass is 10.0.